The highest BCUT2D eigenvalue weighted by molar-refractivity contribution is 7.88. The minimum atomic E-state index is -3.86. The first-order valence-corrected chi connectivity index (χ1v) is 8.27. The second-order valence-electron chi connectivity index (χ2n) is 4.73. The molecule has 23 heavy (non-hydrogen) atoms. The second kappa shape index (κ2) is 7.30. The average Bonchev–Trinajstić information content (AvgIpc) is 2.50. The Morgan fingerprint density at radius 3 is 2.30 bits per heavy atom. The van der Waals surface area contributed by atoms with E-state index < -0.39 is 39.9 Å². The lowest BCUT2D eigenvalue weighted by Crippen LogP contribution is -2.33. The Morgan fingerprint density at radius 2 is 1.65 bits per heavy atom. The van der Waals surface area contributed by atoms with Crippen LogP contribution in [0.1, 0.15) is 5.56 Å². The Labute approximate surface area is 132 Å². The smallest absolute Gasteiger partial charge is 0.239 e. The number of rotatable bonds is 6. The molecule has 0 radical (unpaired) electrons. The Bertz CT molecular complexity index is 793. The standard InChI is InChI=1S/C15H14F2N2O3S/c16-12-5-7-13(8-6-12)19-15(20)9-18-23(21,22)10-11-3-1-2-4-14(11)17/h1-8,18H,9-10H2,(H,19,20). The van der Waals surface area contributed by atoms with Gasteiger partial charge in [0.2, 0.25) is 15.9 Å². The van der Waals surface area contributed by atoms with Gasteiger partial charge in [-0.1, -0.05) is 18.2 Å². The van der Waals surface area contributed by atoms with Gasteiger partial charge in [-0.05, 0) is 30.3 Å². The molecule has 0 heterocycles. The number of nitrogens with one attached hydrogen (secondary N) is 2. The van der Waals surface area contributed by atoms with E-state index in [0.717, 1.165) is 18.2 Å². The number of sulfonamides is 1. The molecule has 0 aliphatic rings. The minimum Gasteiger partial charge on any atom is -0.325 e. The first-order valence-electron chi connectivity index (χ1n) is 6.62. The largest absolute Gasteiger partial charge is 0.325 e. The van der Waals surface area contributed by atoms with Crippen molar-refractivity contribution in [3.63, 3.8) is 0 Å². The SMILES string of the molecule is O=C(CNS(=O)(=O)Cc1ccccc1F)Nc1ccc(F)cc1. The molecule has 2 aromatic rings. The fraction of sp³-hybridized carbons (Fsp3) is 0.133. The van der Waals surface area contributed by atoms with E-state index in [1.807, 2.05) is 0 Å². The molecule has 8 heteroatoms. The molecule has 2 rings (SSSR count). The van der Waals surface area contributed by atoms with Gasteiger partial charge < -0.3 is 5.32 Å². The lowest BCUT2D eigenvalue weighted by atomic mass is 10.2. The molecule has 2 N–H and O–H groups in total. The summed E-state index contributed by atoms with van der Waals surface area (Å²) in [6, 6.07) is 10.5. The summed E-state index contributed by atoms with van der Waals surface area (Å²) < 4.78 is 51.9. The van der Waals surface area contributed by atoms with Gasteiger partial charge in [-0.15, -0.1) is 0 Å². The number of hydrogen-bond donors (Lipinski definition) is 2. The van der Waals surface area contributed by atoms with Crippen LogP contribution in [0, 0.1) is 11.6 Å². The maximum absolute atomic E-state index is 13.4. The molecule has 0 fully saturated rings. The molecular weight excluding hydrogens is 326 g/mol. The van der Waals surface area contributed by atoms with Crippen molar-refractivity contribution < 1.29 is 22.0 Å². The minimum absolute atomic E-state index is 0.0129. The Hall–Kier alpha value is -2.32. The molecule has 2 aromatic carbocycles. The van der Waals surface area contributed by atoms with Gasteiger partial charge in [0, 0.05) is 11.3 Å². The van der Waals surface area contributed by atoms with Crippen LogP contribution in [0.5, 0.6) is 0 Å². The number of hydrogen-bond acceptors (Lipinski definition) is 3. The van der Waals surface area contributed by atoms with Crippen molar-refractivity contribution in [2.75, 3.05) is 11.9 Å². The van der Waals surface area contributed by atoms with Crippen LogP contribution in [-0.2, 0) is 20.6 Å². The summed E-state index contributed by atoms with van der Waals surface area (Å²) in [5.41, 5.74) is 0.351. The predicted molar refractivity (Wildman–Crippen MR) is 82.1 cm³/mol. The molecule has 0 bridgehead atoms. The quantitative estimate of drug-likeness (QED) is 0.845. The summed E-state index contributed by atoms with van der Waals surface area (Å²) >= 11 is 0. The van der Waals surface area contributed by atoms with Crippen molar-refractivity contribution in [2.45, 2.75) is 5.75 Å². The number of carbonyl (C=O) groups is 1. The van der Waals surface area contributed by atoms with Gasteiger partial charge in [-0.2, -0.15) is 0 Å². The molecule has 1 amide bonds. The number of benzene rings is 2. The van der Waals surface area contributed by atoms with E-state index in [1.54, 1.807) is 0 Å². The predicted octanol–water partition coefficient (Wildman–Crippen LogP) is 2.02. The van der Waals surface area contributed by atoms with Crippen molar-refractivity contribution in [3.05, 3.63) is 65.7 Å². The average molecular weight is 340 g/mol. The number of halogens is 2. The van der Waals surface area contributed by atoms with Crippen molar-refractivity contribution in [1.29, 1.82) is 0 Å². The van der Waals surface area contributed by atoms with Gasteiger partial charge in [0.1, 0.15) is 11.6 Å². The molecule has 0 aliphatic carbocycles. The van der Waals surface area contributed by atoms with Gasteiger partial charge in [-0.25, -0.2) is 21.9 Å². The van der Waals surface area contributed by atoms with Crippen molar-refractivity contribution in [2.24, 2.45) is 0 Å². The summed E-state index contributed by atoms with van der Waals surface area (Å²) in [5.74, 6) is -2.26. The van der Waals surface area contributed by atoms with E-state index in [9.17, 15) is 22.0 Å². The number of carbonyl (C=O) groups excluding carboxylic acids is 1. The first-order chi connectivity index (χ1) is 10.9. The molecule has 0 spiro atoms. The lowest BCUT2D eigenvalue weighted by Gasteiger charge is -2.08. The topological polar surface area (TPSA) is 75.3 Å². The van der Waals surface area contributed by atoms with E-state index in [4.69, 9.17) is 0 Å². The van der Waals surface area contributed by atoms with Crippen molar-refractivity contribution in [1.82, 2.24) is 4.72 Å². The highest BCUT2D eigenvalue weighted by atomic mass is 32.2. The summed E-state index contributed by atoms with van der Waals surface area (Å²) in [5, 5.41) is 2.41. The van der Waals surface area contributed by atoms with Gasteiger partial charge in [0.05, 0.1) is 12.3 Å². The molecule has 0 saturated heterocycles. The Balaban J connectivity index is 1.90. The van der Waals surface area contributed by atoms with Gasteiger partial charge in [0.15, 0.2) is 0 Å². The third kappa shape index (κ3) is 5.42. The van der Waals surface area contributed by atoms with Crippen LogP contribution < -0.4 is 10.0 Å². The summed E-state index contributed by atoms with van der Waals surface area (Å²) in [6.45, 7) is -0.506. The highest BCUT2D eigenvalue weighted by Gasteiger charge is 2.15. The van der Waals surface area contributed by atoms with Gasteiger partial charge in [-0.3, -0.25) is 4.79 Å². The second-order valence-corrected chi connectivity index (χ2v) is 6.53. The normalized spacial score (nSPS) is 11.2. The molecule has 0 unspecified atom stereocenters. The lowest BCUT2D eigenvalue weighted by molar-refractivity contribution is -0.115. The first kappa shape index (κ1) is 17.0. The van der Waals surface area contributed by atoms with E-state index in [0.29, 0.717) is 5.69 Å². The summed E-state index contributed by atoms with van der Waals surface area (Å²) in [4.78, 5) is 11.7. The van der Waals surface area contributed by atoms with Crippen LogP contribution >= 0.6 is 0 Å². The molecule has 0 aromatic heterocycles. The van der Waals surface area contributed by atoms with Crippen LogP contribution in [0.4, 0.5) is 14.5 Å². The third-order valence-corrected chi connectivity index (χ3v) is 4.16. The fourth-order valence-corrected chi connectivity index (χ4v) is 2.88. The van der Waals surface area contributed by atoms with E-state index in [2.05, 4.69) is 10.0 Å². The molecule has 0 saturated carbocycles. The van der Waals surface area contributed by atoms with Gasteiger partial charge >= 0.3 is 0 Å². The van der Waals surface area contributed by atoms with Crippen molar-refractivity contribution in [3.8, 4) is 0 Å². The van der Waals surface area contributed by atoms with Crippen LogP contribution in [-0.4, -0.2) is 20.9 Å². The van der Waals surface area contributed by atoms with E-state index in [-0.39, 0.29) is 5.56 Å². The Kier molecular flexibility index (Phi) is 5.41. The Morgan fingerprint density at radius 1 is 1.00 bits per heavy atom. The molecule has 0 aliphatic heterocycles. The van der Waals surface area contributed by atoms with E-state index >= 15 is 0 Å². The van der Waals surface area contributed by atoms with Crippen LogP contribution in [0.3, 0.4) is 0 Å². The monoisotopic (exact) mass is 340 g/mol. The molecule has 5 nitrogen and oxygen atoms in total. The zero-order valence-electron chi connectivity index (χ0n) is 11.9. The maximum Gasteiger partial charge on any atom is 0.239 e. The molecular formula is C15H14F2N2O3S. The zero-order chi connectivity index (χ0) is 16.9. The summed E-state index contributed by atoms with van der Waals surface area (Å²) in [6.07, 6.45) is 0. The zero-order valence-corrected chi connectivity index (χ0v) is 12.7. The number of amides is 1. The molecule has 122 valence electrons. The third-order valence-electron chi connectivity index (χ3n) is 2.88. The maximum atomic E-state index is 13.4. The van der Waals surface area contributed by atoms with Crippen LogP contribution in [0.25, 0.3) is 0 Å². The van der Waals surface area contributed by atoms with Crippen molar-refractivity contribution >= 4 is 21.6 Å². The number of anilines is 1. The van der Waals surface area contributed by atoms with Crippen LogP contribution in [0.15, 0.2) is 48.5 Å². The van der Waals surface area contributed by atoms with Crippen LogP contribution in [0.2, 0.25) is 0 Å². The highest BCUT2D eigenvalue weighted by Crippen LogP contribution is 2.10. The fourth-order valence-electron chi connectivity index (χ4n) is 1.79. The molecule has 0 atom stereocenters. The summed E-state index contributed by atoms with van der Waals surface area (Å²) in [7, 11) is -3.86. The van der Waals surface area contributed by atoms with E-state index in [1.165, 1.54) is 30.3 Å². The van der Waals surface area contributed by atoms with Gasteiger partial charge in [0.25, 0.3) is 0 Å².